The van der Waals surface area contributed by atoms with E-state index in [4.69, 9.17) is 0 Å². The highest BCUT2D eigenvalue weighted by molar-refractivity contribution is 8.01. The average Bonchev–Trinajstić information content (AvgIpc) is 2.62. The third kappa shape index (κ3) is 6.19. The van der Waals surface area contributed by atoms with Gasteiger partial charge in [0, 0.05) is 11.9 Å². The normalized spacial score (nSPS) is 12.9. The number of aromatic nitrogens is 1. The molecular formula is C18H20FN3O2S. The van der Waals surface area contributed by atoms with Gasteiger partial charge in [0.15, 0.2) is 0 Å². The Kier molecular flexibility index (Phi) is 6.94. The molecule has 5 nitrogen and oxygen atoms in total. The number of halogens is 1. The third-order valence-electron chi connectivity index (χ3n) is 3.45. The van der Waals surface area contributed by atoms with Crippen LogP contribution in [0.5, 0.6) is 0 Å². The summed E-state index contributed by atoms with van der Waals surface area (Å²) < 4.78 is 12.8. The second-order valence-electron chi connectivity index (χ2n) is 5.49. The summed E-state index contributed by atoms with van der Waals surface area (Å²) in [5, 5.41) is 5.16. The van der Waals surface area contributed by atoms with Crippen LogP contribution in [-0.2, 0) is 9.59 Å². The topological polar surface area (TPSA) is 71.1 Å². The molecule has 2 rings (SSSR count). The molecule has 2 N–H and O–H groups in total. The molecule has 1 aromatic heterocycles. The standard InChI is InChI=1S/C18H20FN3O2S/c1-12(16-5-3-4-10-20-16)21-18(24)13(2)25-11-17(23)22-15-8-6-14(19)7-9-15/h3-10,12-13H,11H2,1-2H3,(H,21,24)(H,22,23). The summed E-state index contributed by atoms with van der Waals surface area (Å²) in [5.41, 5.74) is 1.30. The van der Waals surface area contributed by atoms with Crippen molar-refractivity contribution in [1.82, 2.24) is 10.3 Å². The van der Waals surface area contributed by atoms with E-state index < -0.39 is 0 Å². The van der Waals surface area contributed by atoms with Crippen molar-refractivity contribution in [3.05, 3.63) is 60.2 Å². The zero-order valence-electron chi connectivity index (χ0n) is 14.0. The number of anilines is 1. The molecule has 0 aliphatic heterocycles. The number of amides is 2. The first-order valence-electron chi connectivity index (χ1n) is 7.84. The fourth-order valence-electron chi connectivity index (χ4n) is 2.04. The molecule has 0 aliphatic carbocycles. The van der Waals surface area contributed by atoms with Crippen LogP contribution < -0.4 is 10.6 Å². The van der Waals surface area contributed by atoms with E-state index in [1.54, 1.807) is 13.1 Å². The lowest BCUT2D eigenvalue weighted by molar-refractivity contribution is -0.120. The lowest BCUT2D eigenvalue weighted by Gasteiger charge is -2.17. The van der Waals surface area contributed by atoms with E-state index in [9.17, 15) is 14.0 Å². The smallest absolute Gasteiger partial charge is 0.234 e. The van der Waals surface area contributed by atoms with Gasteiger partial charge < -0.3 is 10.6 Å². The molecule has 2 unspecified atom stereocenters. The van der Waals surface area contributed by atoms with Crippen molar-refractivity contribution in [3.8, 4) is 0 Å². The van der Waals surface area contributed by atoms with E-state index >= 15 is 0 Å². The summed E-state index contributed by atoms with van der Waals surface area (Å²) in [7, 11) is 0. The lowest BCUT2D eigenvalue weighted by Crippen LogP contribution is -2.34. The van der Waals surface area contributed by atoms with Crippen molar-refractivity contribution in [1.29, 1.82) is 0 Å². The summed E-state index contributed by atoms with van der Waals surface area (Å²) in [6.07, 6.45) is 1.68. The Bertz CT molecular complexity index is 710. The average molecular weight is 361 g/mol. The SMILES string of the molecule is CC(SCC(=O)Nc1ccc(F)cc1)C(=O)NC(C)c1ccccn1. The molecule has 0 bridgehead atoms. The van der Waals surface area contributed by atoms with Gasteiger partial charge in [-0.1, -0.05) is 6.07 Å². The van der Waals surface area contributed by atoms with Crippen LogP contribution in [0.15, 0.2) is 48.7 Å². The number of carbonyl (C=O) groups is 2. The van der Waals surface area contributed by atoms with Gasteiger partial charge in [-0.05, 0) is 50.2 Å². The van der Waals surface area contributed by atoms with Crippen molar-refractivity contribution >= 4 is 29.3 Å². The number of nitrogens with zero attached hydrogens (tertiary/aromatic N) is 1. The Hall–Kier alpha value is -2.41. The monoisotopic (exact) mass is 361 g/mol. The number of carbonyl (C=O) groups excluding carboxylic acids is 2. The molecule has 1 aromatic carbocycles. The molecule has 0 fully saturated rings. The highest BCUT2D eigenvalue weighted by Crippen LogP contribution is 2.15. The van der Waals surface area contributed by atoms with Crippen molar-refractivity contribution in [2.75, 3.05) is 11.1 Å². The van der Waals surface area contributed by atoms with Gasteiger partial charge in [0.05, 0.1) is 22.7 Å². The molecule has 0 spiro atoms. The second kappa shape index (κ2) is 9.17. The van der Waals surface area contributed by atoms with Crippen LogP contribution in [0.2, 0.25) is 0 Å². The Balaban J connectivity index is 1.76. The largest absolute Gasteiger partial charge is 0.347 e. The Morgan fingerprint density at radius 2 is 1.88 bits per heavy atom. The third-order valence-corrected chi connectivity index (χ3v) is 4.59. The lowest BCUT2D eigenvalue weighted by atomic mass is 10.2. The van der Waals surface area contributed by atoms with Gasteiger partial charge in [-0.15, -0.1) is 11.8 Å². The first-order valence-corrected chi connectivity index (χ1v) is 8.89. The predicted octanol–water partition coefficient (Wildman–Crippen LogP) is 3.16. The summed E-state index contributed by atoms with van der Waals surface area (Å²) in [4.78, 5) is 28.3. The highest BCUT2D eigenvalue weighted by atomic mass is 32.2. The van der Waals surface area contributed by atoms with Gasteiger partial charge in [0.25, 0.3) is 0 Å². The van der Waals surface area contributed by atoms with Gasteiger partial charge in [-0.3, -0.25) is 14.6 Å². The van der Waals surface area contributed by atoms with Crippen LogP contribution in [0.25, 0.3) is 0 Å². The minimum absolute atomic E-state index is 0.129. The number of pyridine rings is 1. The Morgan fingerprint density at radius 1 is 1.16 bits per heavy atom. The van der Waals surface area contributed by atoms with E-state index in [2.05, 4.69) is 15.6 Å². The van der Waals surface area contributed by atoms with E-state index in [0.29, 0.717) is 5.69 Å². The maximum absolute atomic E-state index is 12.8. The highest BCUT2D eigenvalue weighted by Gasteiger charge is 2.18. The molecule has 2 aromatic rings. The summed E-state index contributed by atoms with van der Waals surface area (Å²) >= 11 is 1.23. The first kappa shape index (κ1) is 18.9. The Morgan fingerprint density at radius 3 is 2.52 bits per heavy atom. The number of rotatable bonds is 7. The van der Waals surface area contributed by atoms with Crippen LogP contribution in [0.3, 0.4) is 0 Å². The Labute approximate surface area is 150 Å². The maximum atomic E-state index is 12.8. The van der Waals surface area contributed by atoms with Gasteiger partial charge in [0.1, 0.15) is 5.82 Å². The molecule has 132 valence electrons. The zero-order valence-corrected chi connectivity index (χ0v) is 14.8. The number of hydrogen-bond donors (Lipinski definition) is 2. The van der Waals surface area contributed by atoms with Crippen LogP contribution >= 0.6 is 11.8 Å². The molecule has 0 saturated carbocycles. The van der Waals surface area contributed by atoms with Crippen molar-refractivity contribution in [3.63, 3.8) is 0 Å². The summed E-state index contributed by atoms with van der Waals surface area (Å²) in [6, 6.07) is 10.9. The number of nitrogens with one attached hydrogen (secondary N) is 2. The minimum Gasteiger partial charge on any atom is -0.347 e. The molecule has 1 heterocycles. The molecular weight excluding hydrogens is 341 g/mol. The summed E-state index contributed by atoms with van der Waals surface area (Å²) in [5.74, 6) is -0.629. The van der Waals surface area contributed by atoms with Crippen LogP contribution in [-0.4, -0.2) is 27.8 Å². The van der Waals surface area contributed by atoms with E-state index in [0.717, 1.165) is 5.69 Å². The van der Waals surface area contributed by atoms with Crippen molar-refractivity contribution in [2.45, 2.75) is 25.1 Å². The number of thioether (sulfide) groups is 1. The van der Waals surface area contributed by atoms with Crippen molar-refractivity contribution in [2.24, 2.45) is 0 Å². The van der Waals surface area contributed by atoms with E-state index in [1.165, 1.54) is 36.0 Å². The van der Waals surface area contributed by atoms with E-state index in [-0.39, 0.29) is 34.7 Å². The van der Waals surface area contributed by atoms with Gasteiger partial charge in [-0.2, -0.15) is 0 Å². The second-order valence-corrected chi connectivity index (χ2v) is 6.82. The molecule has 0 saturated heterocycles. The quantitative estimate of drug-likeness (QED) is 0.795. The maximum Gasteiger partial charge on any atom is 0.234 e. The van der Waals surface area contributed by atoms with Gasteiger partial charge in [0.2, 0.25) is 11.8 Å². The predicted molar refractivity (Wildman–Crippen MR) is 97.7 cm³/mol. The van der Waals surface area contributed by atoms with Crippen molar-refractivity contribution < 1.29 is 14.0 Å². The first-order chi connectivity index (χ1) is 12.0. The minimum atomic E-state index is -0.384. The summed E-state index contributed by atoms with van der Waals surface area (Å²) in [6.45, 7) is 3.61. The fraction of sp³-hybridized carbons (Fsp3) is 0.278. The number of hydrogen-bond acceptors (Lipinski definition) is 4. The van der Waals surface area contributed by atoms with E-state index in [1.807, 2.05) is 25.1 Å². The van der Waals surface area contributed by atoms with Gasteiger partial charge >= 0.3 is 0 Å². The van der Waals surface area contributed by atoms with Crippen LogP contribution in [0.1, 0.15) is 25.6 Å². The van der Waals surface area contributed by atoms with Crippen LogP contribution in [0, 0.1) is 5.82 Å². The molecule has 0 radical (unpaired) electrons. The zero-order chi connectivity index (χ0) is 18.2. The molecule has 7 heteroatoms. The molecule has 2 amide bonds. The molecule has 25 heavy (non-hydrogen) atoms. The fourth-order valence-corrected chi connectivity index (χ4v) is 2.74. The molecule has 0 aliphatic rings. The van der Waals surface area contributed by atoms with Crippen LogP contribution in [0.4, 0.5) is 10.1 Å². The molecule has 2 atom stereocenters. The van der Waals surface area contributed by atoms with Gasteiger partial charge in [-0.25, -0.2) is 4.39 Å². The number of benzene rings is 1.